The van der Waals surface area contributed by atoms with Gasteiger partial charge in [-0.1, -0.05) is 36.4 Å². The molecule has 1 aliphatic rings. The zero-order valence-corrected chi connectivity index (χ0v) is 9.53. The van der Waals surface area contributed by atoms with Crippen LogP contribution in [0.4, 0.5) is 0 Å². The van der Waals surface area contributed by atoms with E-state index in [1.165, 1.54) is 27.8 Å². The lowest BCUT2D eigenvalue weighted by atomic mass is 10.0. The van der Waals surface area contributed by atoms with E-state index < -0.39 is 0 Å². The molecule has 1 atom stereocenters. The maximum Gasteiger partial charge on any atom is 0.107 e. The predicted molar refractivity (Wildman–Crippen MR) is 66.0 cm³/mol. The van der Waals surface area contributed by atoms with Crippen LogP contribution in [-0.4, -0.2) is 0 Å². The highest BCUT2D eigenvalue weighted by atomic mass is 14.6. The highest BCUT2D eigenvalue weighted by Gasteiger charge is 2.18. The first-order valence-electron chi connectivity index (χ1n) is 5.80. The van der Waals surface area contributed by atoms with Crippen molar-refractivity contribution in [1.82, 2.24) is 0 Å². The molecule has 2 aromatic carbocycles. The van der Waals surface area contributed by atoms with Gasteiger partial charge in [0.25, 0.3) is 0 Å². The average molecular weight is 210 g/mol. The molecule has 3 N–H and O–H groups in total. The number of hydrogen-bond acceptors (Lipinski definition) is 0. The lowest BCUT2D eigenvalue weighted by Gasteiger charge is -2.05. The summed E-state index contributed by atoms with van der Waals surface area (Å²) in [5.41, 5.74) is 11.1. The Bertz CT molecular complexity index is 541. The fourth-order valence-corrected chi connectivity index (χ4v) is 2.47. The van der Waals surface area contributed by atoms with Gasteiger partial charge >= 0.3 is 0 Å². The Kier molecular flexibility index (Phi) is 2.08. The highest BCUT2D eigenvalue weighted by molar-refractivity contribution is 5.76. The molecule has 0 aromatic heterocycles. The first-order valence-corrected chi connectivity index (χ1v) is 5.80. The standard InChI is InChI=1S/C15H15N/c1-10(16)11-6-7-15-13(8-11)9-12-4-2-3-5-14(12)15/h2-8,10H,9,16H2,1H3/p+1/t10-/m0/s1. The summed E-state index contributed by atoms with van der Waals surface area (Å²) in [6.45, 7) is 2.14. The second-order valence-corrected chi connectivity index (χ2v) is 4.65. The Hall–Kier alpha value is -1.60. The Morgan fingerprint density at radius 3 is 2.56 bits per heavy atom. The van der Waals surface area contributed by atoms with E-state index in [-0.39, 0.29) is 0 Å². The van der Waals surface area contributed by atoms with Crippen molar-refractivity contribution in [2.75, 3.05) is 0 Å². The quantitative estimate of drug-likeness (QED) is 0.639. The lowest BCUT2D eigenvalue weighted by molar-refractivity contribution is -0.420. The van der Waals surface area contributed by atoms with Crippen molar-refractivity contribution in [1.29, 1.82) is 0 Å². The van der Waals surface area contributed by atoms with Crippen LogP contribution in [0.15, 0.2) is 42.5 Å². The van der Waals surface area contributed by atoms with E-state index in [1.807, 2.05) is 0 Å². The van der Waals surface area contributed by atoms with E-state index in [9.17, 15) is 0 Å². The van der Waals surface area contributed by atoms with Gasteiger partial charge in [0, 0.05) is 5.56 Å². The third-order valence-electron chi connectivity index (χ3n) is 3.39. The predicted octanol–water partition coefficient (Wildman–Crippen LogP) is 2.56. The summed E-state index contributed by atoms with van der Waals surface area (Å²) < 4.78 is 0. The van der Waals surface area contributed by atoms with Crippen LogP contribution in [0.2, 0.25) is 0 Å². The molecule has 2 aromatic rings. The Balaban J connectivity index is 2.14. The lowest BCUT2D eigenvalue weighted by Crippen LogP contribution is -2.51. The summed E-state index contributed by atoms with van der Waals surface area (Å²) >= 11 is 0. The number of quaternary nitrogens is 1. The molecule has 3 rings (SSSR count). The number of rotatable bonds is 1. The van der Waals surface area contributed by atoms with Gasteiger partial charge in [-0.25, -0.2) is 0 Å². The summed E-state index contributed by atoms with van der Waals surface area (Å²) in [5.74, 6) is 0. The SMILES string of the molecule is C[C@H]([NH3+])c1ccc2c(c1)Cc1ccccc1-2. The molecule has 0 saturated carbocycles. The van der Waals surface area contributed by atoms with Gasteiger partial charge in [0.05, 0.1) is 0 Å². The Labute approximate surface area is 95.9 Å². The third kappa shape index (κ3) is 1.36. The first-order chi connectivity index (χ1) is 7.75. The van der Waals surface area contributed by atoms with Crippen molar-refractivity contribution in [2.45, 2.75) is 19.4 Å². The maximum atomic E-state index is 4.08. The topological polar surface area (TPSA) is 27.6 Å². The highest BCUT2D eigenvalue weighted by Crippen LogP contribution is 2.37. The molecule has 0 heterocycles. The van der Waals surface area contributed by atoms with Crippen LogP contribution < -0.4 is 5.73 Å². The normalized spacial score (nSPS) is 14.4. The maximum absolute atomic E-state index is 4.08. The molecule has 80 valence electrons. The number of hydrogen-bond donors (Lipinski definition) is 1. The van der Waals surface area contributed by atoms with Crippen LogP contribution in [0.5, 0.6) is 0 Å². The minimum Gasteiger partial charge on any atom is -0.352 e. The van der Waals surface area contributed by atoms with Gasteiger partial charge in [-0.3, -0.25) is 0 Å². The molecule has 0 radical (unpaired) electrons. The van der Waals surface area contributed by atoms with Gasteiger partial charge in [0.15, 0.2) is 0 Å². The van der Waals surface area contributed by atoms with E-state index >= 15 is 0 Å². The van der Waals surface area contributed by atoms with E-state index in [2.05, 4.69) is 55.1 Å². The smallest absolute Gasteiger partial charge is 0.107 e. The molecule has 1 aliphatic carbocycles. The van der Waals surface area contributed by atoms with Crippen LogP contribution in [0.25, 0.3) is 11.1 Å². The fraction of sp³-hybridized carbons (Fsp3) is 0.200. The summed E-state index contributed by atoms with van der Waals surface area (Å²) in [5, 5.41) is 0. The molecule has 0 spiro atoms. The van der Waals surface area contributed by atoms with Crippen molar-refractivity contribution in [3.05, 3.63) is 59.2 Å². The van der Waals surface area contributed by atoms with E-state index in [0.29, 0.717) is 6.04 Å². The molecular weight excluding hydrogens is 194 g/mol. The molecule has 0 aliphatic heterocycles. The van der Waals surface area contributed by atoms with Gasteiger partial charge in [0.2, 0.25) is 0 Å². The van der Waals surface area contributed by atoms with Crippen LogP contribution in [0.1, 0.15) is 29.7 Å². The monoisotopic (exact) mass is 210 g/mol. The molecule has 0 unspecified atom stereocenters. The zero-order valence-electron chi connectivity index (χ0n) is 9.53. The third-order valence-corrected chi connectivity index (χ3v) is 3.39. The van der Waals surface area contributed by atoms with Gasteiger partial charge in [0.1, 0.15) is 6.04 Å². The van der Waals surface area contributed by atoms with Gasteiger partial charge in [-0.2, -0.15) is 0 Å². The van der Waals surface area contributed by atoms with Gasteiger partial charge < -0.3 is 5.73 Å². The van der Waals surface area contributed by atoms with Gasteiger partial charge in [-0.05, 0) is 41.7 Å². The van der Waals surface area contributed by atoms with Gasteiger partial charge in [-0.15, -0.1) is 0 Å². The minimum atomic E-state index is 0.369. The van der Waals surface area contributed by atoms with Crippen molar-refractivity contribution in [3.63, 3.8) is 0 Å². The second-order valence-electron chi connectivity index (χ2n) is 4.65. The molecule has 0 fully saturated rings. The average Bonchev–Trinajstić information content (AvgIpc) is 2.66. The van der Waals surface area contributed by atoms with Crippen molar-refractivity contribution >= 4 is 0 Å². The summed E-state index contributed by atoms with van der Waals surface area (Å²) in [6, 6.07) is 15.8. The van der Waals surface area contributed by atoms with E-state index in [0.717, 1.165) is 6.42 Å². The summed E-state index contributed by atoms with van der Waals surface area (Å²) in [4.78, 5) is 0. The Morgan fingerprint density at radius 1 is 1.00 bits per heavy atom. The summed E-state index contributed by atoms with van der Waals surface area (Å²) in [7, 11) is 0. The number of benzene rings is 2. The van der Waals surface area contributed by atoms with E-state index in [4.69, 9.17) is 0 Å². The zero-order chi connectivity index (χ0) is 11.1. The fourth-order valence-electron chi connectivity index (χ4n) is 2.47. The molecule has 1 heteroatoms. The molecule has 0 amide bonds. The molecule has 0 bridgehead atoms. The Morgan fingerprint density at radius 2 is 1.75 bits per heavy atom. The second kappa shape index (κ2) is 3.46. The van der Waals surface area contributed by atoms with Crippen LogP contribution in [0, 0.1) is 0 Å². The number of fused-ring (bicyclic) bond motifs is 3. The minimum absolute atomic E-state index is 0.369. The van der Waals surface area contributed by atoms with Crippen molar-refractivity contribution in [2.24, 2.45) is 0 Å². The largest absolute Gasteiger partial charge is 0.352 e. The van der Waals surface area contributed by atoms with Crippen LogP contribution in [0.3, 0.4) is 0 Å². The summed E-state index contributed by atoms with van der Waals surface area (Å²) in [6.07, 6.45) is 1.08. The van der Waals surface area contributed by atoms with E-state index in [1.54, 1.807) is 0 Å². The van der Waals surface area contributed by atoms with Crippen molar-refractivity contribution in [3.8, 4) is 11.1 Å². The molecule has 16 heavy (non-hydrogen) atoms. The van der Waals surface area contributed by atoms with Crippen molar-refractivity contribution < 1.29 is 5.73 Å². The first kappa shape index (κ1) is 9.61. The van der Waals surface area contributed by atoms with Crippen LogP contribution in [-0.2, 0) is 6.42 Å². The molecule has 0 saturated heterocycles. The van der Waals surface area contributed by atoms with Crippen LogP contribution >= 0.6 is 0 Å². The molecular formula is C15H16N+. The molecule has 1 nitrogen and oxygen atoms in total.